The summed E-state index contributed by atoms with van der Waals surface area (Å²) in [4.78, 5) is 29.1. The maximum atomic E-state index is 15.3. The summed E-state index contributed by atoms with van der Waals surface area (Å²) < 4.78 is 31.5. The summed E-state index contributed by atoms with van der Waals surface area (Å²) in [5.41, 5.74) is 0.449. The van der Waals surface area contributed by atoms with E-state index in [1.54, 1.807) is 45.9 Å². The van der Waals surface area contributed by atoms with Crippen LogP contribution in [0.3, 0.4) is 0 Å². The van der Waals surface area contributed by atoms with Crippen molar-refractivity contribution in [2.75, 3.05) is 11.9 Å². The molecule has 0 aliphatic carbocycles. The summed E-state index contributed by atoms with van der Waals surface area (Å²) in [6.45, 7) is 7.12. The molecule has 2 heterocycles. The van der Waals surface area contributed by atoms with Crippen molar-refractivity contribution in [3.63, 3.8) is 0 Å². The van der Waals surface area contributed by atoms with E-state index in [9.17, 15) is 18.9 Å². The van der Waals surface area contributed by atoms with E-state index in [2.05, 4.69) is 20.3 Å². The van der Waals surface area contributed by atoms with Gasteiger partial charge >= 0.3 is 6.09 Å². The molecule has 0 unspecified atom stereocenters. The molecule has 2 aromatic rings. The highest BCUT2D eigenvalue weighted by molar-refractivity contribution is 8.04. The SMILES string of the molecule is Cc1cc(C#N)ccc1C(=O)Nc1ccc(F)c([C@@]2(C)N=C(NC(=O)O)C(C)(C)[SH]3(=O)NCC[C@@H]23)c1. The molecule has 0 radical (unpaired) electrons. The molecule has 2 amide bonds. The normalized spacial score (nSPS) is 24.6. The minimum atomic E-state index is -3.29. The Hall–Kier alpha value is -3.62. The fourth-order valence-electron chi connectivity index (χ4n) is 5.18. The Balaban J connectivity index is 1.78. The van der Waals surface area contributed by atoms with Crippen LogP contribution in [0, 0.1) is 24.1 Å². The number of carboxylic acid groups (broad SMARTS) is 1. The predicted molar refractivity (Wildman–Crippen MR) is 136 cm³/mol. The molecule has 1 saturated heterocycles. The number of carbonyl (C=O) groups excluding carboxylic acids is 1. The summed E-state index contributed by atoms with van der Waals surface area (Å²) in [6.07, 6.45) is -0.894. The average Bonchev–Trinajstić information content (AvgIpc) is 3.23. The number of fused-ring (bicyclic) bond motifs is 1. The number of aliphatic imine (C=N–C) groups is 1. The highest BCUT2D eigenvalue weighted by Gasteiger charge is 2.59. The van der Waals surface area contributed by atoms with Crippen molar-refractivity contribution in [1.82, 2.24) is 10.0 Å². The Labute approximate surface area is 209 Å². The monoisotopic (exact) mass is 513 g/mol. The minimum absolute atomic E-state index is 0.00599. The lowest BCUT2D eigenvalue weighted by molar-refractivity contribution is 0.102. The lowest BCUT2D eigenvalue weighted by Crippen LogP contribution is -2.65. The third kappa shape index (κ3) is 3.96. The first-order valence-corrected chi connectivity index (χ1v) is 13.2. The lowest BCUT2D eigenvalue weighted by atomic mass is 9.85. The fourth-order valence-corrected chi connectivity index (χ4v) is 8.86. The zero-order valence-corrected chi connectivity index (χ0v) is 21.2. The van der Waals surface area contributed by atoms with Gasteiger partial charge in [-0.2, -0.15) is 5.26 Å². The number of amidine groups is 1. The van der Waals surface area contributed by atoms with Crippen LogP contribution in [-0.4, -0.2) is 43.7 Å². The number of amides is 2. The number of halogens is 1. The van der Waals surface area contributed by atoms with Gasteiger partial charge in [0.05, 0.1) is 21.6 Å². The predicted octanol–water partition coefficient (Wildman–Crippen LogP) is 3.23. The zero-order valence-electron chi connectivity index (χ0n) is 20.3. The Morgan fingerprint density at radius 1 is 1.22 bits per heavy atom. The Morgan fingerprint density at radius 3 is 2.58 bits per heavy atom. The molecule has 2 atom stereocenters. The van der Waals surface area contributed by atoms with Crippen molar-refractivity contribution in [3.05, 3.63) is 64.5 Å². The Morgan fingerprint density at radius 2 is 1.94 bits per heavy atom. The number of nitrogens with zero attached hydrogens (tertiary/aromatic N) is 2. The van der Waals surface area contributed by atoms with Gasteiger partial charge in [-0.25, -0.2) is 9.18 Å². The Kier molecular flexibility index (Phi) is 6.22. The number of nitriles is 1. The molecular weight excluding hydrogens is 485 g/mol. The number of aryl methyl sites for hydroxylation is 1. The first-order valence-electron chi connectivity index (χ1n) is 11.4. The largest absolute Gasteiger partial charge is 0.465 e. The van der Waals surface area contributed by atoms with Crippen LogP contribution in [0.2, 0.25) is 0 Å². The number of anilines is 1. The summed E-state index contributed by atoms with van der Waals surface area (Å²) >= 11 is 0. The van der Waals surface area contributed by atoms with Crippen LogP contribution in [0.5, 0.6) is 0 Å². The molecule has 36 heavy (non-hydrogen) atoms. The molecule has 2 aliphatic rings. The second-order valence-electron chi connectivity index (χ2n) is 9.76. The van der Waals surface area contributed by atoms with Gasteiger partial charge in [-0.1, -0.05) is 0 Å². The molecular formula is C25H28FN5O4S. The number of hydrogen-bond acceptors (Lipinski definition) is 5. The first-order chi connectivity index (χ1) is 16.8. The van der Waals surface area contributed by atoms with E-state index in [-0.39, 0.29) is 11.4 Å². The molecule has 2 aliphatic heterocycles. The van der Waals surface area contributed by atoms with Crippen molar-refractivity contribution in [3.8, 4) is 6.07 Å². The molecule has 1 fully saturated rings. The van der Waals surface area contributed by atoms with Gasteiger partial charge in [0.1, 0.15) is 17.2 Å². The summed E-state index contributed by atoms with van der Waals surface area (Å²) in [5, 5.41) is 22.9. The van der Waals surface area contributed by atoms with E-state index in [1.165, 1.54) is 18.2 Å². The van der Waals surface area contributed by atoms with Crippen LogP contribution in [0.15, 0.2) is 41.4 Å². The van der Waals surface area contributed by atoms with Gasteiger partial charge in [-0.15, -0.1) is 0 Å². The van der Waals surface area contributed by atoms with Crippen LogP contribution in [0.1, 0.15) is 54.2 Å². The number of benzene rings is 2. The van der Waals surface area contributed by atoms with Crippen molar-refractivity contribution < 1.29 is 23.3 Å². The summed E-state index contributed by atoms with van der Waals surface area (Å²) in [5.74, 6) is -1.05. The highest BCUT2D eigenvalue weighted by Crippen LogP contribution is 2.49. The number of hydrogen-bond donors (Lipinski definition) is 5. The van der Waals surface area contributed by atoms with E-state index < -0.39 is 43.5 Å². The number of nitrogens with one attached hydrogen (secondary N) is 3. The molecule has 4 N–H and O–H groups in total. The van der Waals surface area contributed by atoms with Crippen molar-refractivity contribution in [1.29, 1.82) is 5.26 Å². The second kappa shape index (κ2) is 8.80. The molecule has 11 heteroatoms. The van der Waals surface area contributed by atoms with Crippen molar-refractivity contribution >= 4 is 33.6 Å². The van der Waals surface area contributed by atoms with Gasteiger partial charge in [-0.05, 0) is 86.2 Å². The summed E-state index contributed by atoms with van der Waals surface area (Å²) in [7, 11) is -3.29. The van der Waals surface area contributed by atoms with E-state index in [4.69, 9.17) is 5.26 Å². The van der Waals surface area contributed by atoms with Gasteiger partial charge in [0.25, 0.3) is 5.91 Å². The number of thiol groups is 1. The van der Waals surface area contributed by atoms with E-state index in [0.29, 0.717) is 35.3 Å². The van der Waals surface area contributed by atoms with E-state index >= 15 is 4.39 Å². The third-order valence-electron chi connectivity index (χ3n) is 7.20. The van der Waals surface area contributed by atoms with Crippen LogP contribution < -0.4 is 15.4 Å². The Bertz CT molecular complexity index is 1400. The first kappa shape index (κ1) is 25.5. The lowest BCUT2D eigenvalue weighted by Gasteiger charge is -2.51. The zero-order chi connectivity index (χ0) is 26.5. The van der Waals surface area contributed by atoms with E-state index in [1.807, 2.05) is 6.07 Å². The van der Waals surface area contributed by atoms with Crippen LogP contribution in [0.4, 0.5) is 14.9 Å². The topological polar surface area (TPSA) is 144 Å². The maximum Gasteiger partial charge on any atom is 0.410 e. The molecule has 9 nitrogen and oxygen atoms in total. The van der Waals surface area contributed by atoms with Crippen molar-refractivity contribution in [2.45, 2.75) is 49.7 Å². The smallest absolute Gasteiger partial charge is 0.410 e. The molecule has 0 spiro atoms. The maximum absolute atomic E-state index is 15.3. The second-order valence-corrected chi connectivity index (χ2v) is 13.1. The van der Waals surface area contributed by atoms with E-state index in [0.717, 1.165) is 0 Å². The van der Waals surface area contributed by atoms with Gasteiger partial charge in [0.15, 0.2) is 0 Å². The van der Waals surface area contributed by atoms with Gasteiger partial charge in [-0.3, -0.25) is 24.0 Å². The summed E-state index contributed by atoms with van der Waals surface area (Å²) in [6, 6.07) is 10.8. The molecule has 190 valence electrons. The quantitative estimate of drug-likeness (QED) is 0.401. The van der Waals surface area contributed by atoms with Gasteiger partial charge in [0.2, 0.25) is 0 Å². The molecule has 0 saturated carbocycles. The fraction of sp³-hybridized carbons (Fsp3) is 0.360. The molecule has 0 bridgehead atoms. The number of rotatable bonds is 3. The molecule has 4 rings (SSSR count). The standard InChI is InChI=1S/C25H28FN5O4S/c1-14-11-15(13-27)5-7-17(14)21(32)29-16-6-8-19(26)18(12-16)25(4)20-9-10-28-36(20,35)24(2,3)22(31-25)30-23(33)34/h5-8,11-12,20,36H,9-10H2,1-4H3,(H,28,35)(H,29,32)(H,30,31)(H,33,34)/t20-,25+/m0/s1. The average molecular weight is 514 g/mol. The molecule has 0 aromatic heterocycles. The van der Waals surface area contributed by atoms with Gasteiger partial charge < -0.3 is 10.4 Å². The van der Waals surface area contributed by atoms with Crippen LogP contribution in [-0.2, 0) is 15.7 Å². The van der Waals surface area contributed by atoms with Gasteiger partial charge in [0, 0.05) is 23.4 Å². The highest BCUT2D eigenvalue weighted by atomic mass is 32.3. The third-order valence-corrected chi connectivity index (χ3v) is 11.4. The molecule has 2 aromatic carbocycles. The minimum Gasteiger partial charge on any atom is -0.465 e. The van der Waals surface area contributed by atoms with Crippen molar-refractivity contribution in [2.24, 2.45) is 4.99 Å². The van der Waals surface area contributed by atoms with Crippen LogP contribution in [0.25, 0.3) is 0 Å². The van der Waals surface area contributed by atoms with Crippen LogP contribution >= 0.6 is 0 Å². The number of carbonyl (C=O) groups is 2.